The van der Waals surface area contributed by atoms with Gasteiger partial charge in [0.25, 0.3) is 0 Å². The molecule has 3 unspecified atom stereocenters. The molecule has 2 bridgehead atoms. The molecule has 0 radical (unpaired) electrons. The summed E-state index contributed by atoms with van der Waals surface area (Å²) in [6.07, 6.45) is 5.89. The van der Waals surface area contributed by atoms with Crippen molar-refractivity contribution < 1.29 is 9.90 Å². The van der Waals surface area contributed by atoms with Crippen LogP contribution in [-0.4, -0.2) is 52.8 Å². The van der Waals surface area contributed by atoms with Gasteiger partial charge < -0.3 is 20.6 Å². The van der Waals surface area contributed by atoms with E-state index in [1.54, 1.807) is 11.3 Å². The van der Waals surface area contributed by atoms with Crippen LogP contribution >= 0.6 is 22.9 Å². The van der Waals surface area contributed by atoms with Crippen molar-refractivity contribution in [2.24, 2.45) is 17.6 Å². The number of carbonyl (C=O) groups excluding carboxylic acids is 1. The summed E-state index contributed by atoms with van der Waals surface area (Å²) in [5.41, 5.74) is 7.71. The maximum atomic E-state index is 12.1. The van der Waals surface area contributed by atoms with Gasteiger partial charge in [0.15, 0.2) is 0 Å². The lowest BCUT2D eigenvalue weighted by Crippen LogP contribution is -2.45. The van der Waals surface area contributed by atoms with Crippen molar-refractivity contribution in [3.8, 4) is 11.1 Å². The molecule has 3 saturated heterocycles. The van der Waals surface area contributed by atoms with Crippen LogP contribution in [0.25, 0.3) is 21.3 Å². The lowest BCUT2D eigenvalue weighted by molar-refractivity contribution is -0.122. The molecule has 2 aromatic heterocycles. The van der Waals surface area contributed by atoms with Crippen molar-refractivity contribution >= 4 is 50.8 Å². The summed E-state index contributed by atoms with van der Waals surface area (Å²) >= 11 is 8.22. The predicted molar refractivity (Wildman–Crippen MR) is 141 cm³/mol. The second-order valence-electron chi connectivity index (χ2n) is 10.2. The summed E-state index contributed by atoms with van der Waals surface area (Å²) in [6.45, 7) is 1.64. The average Bonchev–Trinajstić information content (AvgIpc) is 3.41. The summed E-state index contributed by atoms with van der Waals surface area (Å²) in [5.74, 6) is 1.57. The molecule has 5 heterocycles. The molecule has 9 heteroatoms. The molecule has 3 atom stereocenters. The first-order valence-electron chi connectivity index (χ1n) is 12.5. The molecular formula is C26H30ClN5O2S. The van der Waals surface area contributed by atoms with Gasteiger partial charge in [0.2, 0.25) is 11.9 Å². The summed E-state index contributed by atoms with van der Waals surface area (Å²) in [4.78, 5) is 27.9. The number of carbonyl (C=O) groups is 1. The number of thiophene rings is 1. The van der Waals surface area contributed by atoms with Crippen LogP contribution in [0, 0.1) is 11.8 Å². The van der Waals surface area contributed by atoms with Crippen molar-refractivity contribution in [1.82, 2.24) is 9.97 Å². The number of aromatic nitrogens is 2. The number of aliphatic hydroxyl groups is 1. The summed E-state index contributed by atoms with van der Waals surface area (Å²) < 4.78 is 0. The molecule has 0 aliphatic carbocycles. The zero-order valence-electron chi connectivity index (χ0n) is 19.6. The Hall–Kier alpha value is -2.42. The highest BCUT2D eigenvalue weighted by Crippen LogP contribution is 2.45. The summed E-state index contributed by atoms with van der Waals surface area (Å²) in [5, 5.41) is 13.6. The largest absolute Gasteiger partial charge is 0.396 e. The zero-order valence-corrected chi connectivity index (χ0v) is 21.1. The Balaban J connectivity index is 1.49. The normalized spacial score (nSPS) is 26.5. The number of benzene rings is 1. The highest BCUT2D eigenvalue weighted by Gasteiger charge is 2.42. The van der Waals surface area contributed by atoms with Crippen LogP contribution in [0.15, 0.2) is 29.6 Å². The van der Waals surface area contributed by atoms with Crippen LogP contribution in [0.2, 0.25) is 5.02 Å². The molecule has 1 aromatic carbocycles. The second-order valence-corrected chi connectivity index (χ2v) is 11.4. The smallest absolute Gasteiger partial charge is 0.229 e. The molecule has 7 nitrogen and oxygen atoms in total. The standard InChI is InChI=1S/C26H30ClN5O2S/c27-21-6-2-1-5-19(21)20-14-35-25-22(20)24(31-9-3-4-16(12-31)23(28)34)29-26(30-25)32-17-7-8-18(32)11-15(10-17)13-33/h1-2,5-6,14-18,33H,3-4,7-13H2,(H2,28,34). The van der Waals surface area contributed by atoms with Gasteiger partial charge in [-0.15, -0.1) is 11.3 Å². The number of nitrogens with two attached hydrogens (primary N) is 1. The van der Waals surface area contributed by atoms with E-state index in [1.165, 1.54) is 0 Å². The van der Waals surface area contributed by atoms with Crippen LogP contribution in [0.4, 0.5) is 11.8 Å². The number of primary amides is 1. The highest BCUT2D eigenvalue weighted by molar-refractivity contribution is 7.17. The Labute approximate surface area is 213 Å². The van der Waals surface area contributed by atoms with E-state index in [1.807, 2.05) is 24.3 Å². The molecule has 3 fully saturated rings. The Morgan fingerprint density at radius 2 is 1.91 bits per heavy atom. The fourth-order valence-corrected chi connectivity index (χ4v) is 7.47. The van der Waals surface area contributed by atoms with Gasteiger partial charge in [0, 0.05) is 53.3 Å². The van der Waals surface area contributed by atoms with Crippen molar-refractivity contribution in [2.45, 2.75) is 50.6 Å². The van der Waals surface area contributed by atoms with E-state index in [0.717, 1.165) is 78.2 Å². The van der Waals surface area contributed by atoms with Gasteiger partial charge in [-0.2, -0.15) is 4.98 Å². The third kappa shape index (κ3) is 4.05. The lowest BCUT2D eigenvalue weighted by Gasteiger charge is -2.39. The van der Waals surface area contributed by atoms with Gasteiger partial charge in [-0.1, -0.05) is 29.8 Å². The van der Waals surface area contributed by atoms with Crippen LogP contribution in [0.5, 0.6) is 0 Å². The number of anilines is 2. The first-order chi connectivity index (χ1) is 17.0. The highest BCUT2D eigenvalue weighted by atomic mass is 35.5. The maximum absolute atomic E-state index is 12.1. The molecule has 3 aliphatic rings. The van der Waals surface area contributed by atoms with Crippen LogP contribution in [0.1, 0.15) is 38.5 Å². The number of aliphatic hydroxyl groups excluding tert-OH is 1. The van der Waals surface area contributed by atoms with Gasteiger partial charge in [-0.3, -0.25) is 4.79 Å². The number of hydrogen-bond acceptors (Lipinski definition) is 7. The zero-order chi connectivity index (χ0) is 24.1. The Kier molecular flexibility index (Phi) is 6.06. The maximum Gasteiger partial charge on any atom is 0.229 e. The number of fused-ring (bicyclic) bond motifs is 3. The SMILES string of the molecule is NC(=O)C1CCCN(c2nc(N3C4CCC3CC(CO)C4)nc3scc(-c4ccccc4Cl)c23)C1. The number of piperidine rings is 2. The first kappa shape index (κ1) is 23.0. The number of nitrogens with zero attached hydrogens (tertiary/aromatic N) is 4. The summed E-state index contributed by atoms with van der Waals surface area (Å²) in [7, 11) is 0. The number of amides is 1. The predicted octanol–water partition coefficient (Wildman–Crippen LogP) is 4.45. The van der Waals surface area contributed by atoms with Crippen molar-refractivity contribution in [2.75, 3.05) is 29.5 Å². The fourth-order valence-electron chi connectivity index (χ4n) is 6.30. The van der Waals surface area contributed by atoms with Crippen LogP contribution in [0.3, 0.4) is 0 Å². The van der Waals surface area contributed by atoms with E-state index in [9.17, 15) is 9.90 Å². The second kappa shape index (κ2) is 9.22. The molecule has 0 saturated carbocycles. The first-order valence-corrected chi connectivity index (χ1v) is 13.8. The van der Waals surface area contributed by atoms with Gasteiger partial charge >= 0.3 is 0 Å². The van der Waals surface area contributed by atoms with Crippen LogP contribution < -0.4 is 15.5 Å². The number of hydrogen-bond donors (Lipinski definition) is 2. The molecule has 1 amide bonds. The minimum atomic E-state index is -0.249. The Morgan fingerprint density at radius 3 is 2.63 bits per heavy atom. The van der Waals surface area contributed by atoms with Crippen molar-refractivity contribution in [1.29, 1.82) is 0 Å². The van der Waals surface area contributed by atoms with Gasteiger partial charge in [0.1, 0.15) is 10.6 Å². The average molecular weight is 512 g/mol. The van der Waals surface area contributed by atoms with Crippen molar-refractivity contribution in [3.05, 3.63) is 34.7 Å². The third-order valence-corrected chi connectivity index (χ3v) is 9.21. The molecule has 3 N–H and O–H groups in total. The molecule has 3 aromatic rings. The van der Waals surface area contributed by atoms with Gasteiger partial charge in [-0.05, 0) is 50.5 Å². The van der Waals surface area contributed by atoms with Gasteiger partial charge in [0.05, 0.1) is 11.3 Å². The molecule has 35 heavy (non-hydrogen) atoms. The van der Waals surface area contributed by atoms with Gasteiger partial charge in [-0.25, -0.2) is 4.98 Å². The quantitative estimate of drug-likeness (QED) is 0.525. The minimum Gasteiger partial charge on any atom is -0.396 e. The number of rotatable bonds is 5. The third-order valence-electron chi connectivity index (χ3n) is 8.01. The monoisotopic (exact) mass is 511 g/mol. The van der Waals surface area contributed by atoms with E-state index in [2.05, 4.69) is 15.2 Å². The van der Waals surface area contributed by atoms with Crippen LogP contribution in [-0.2, 0) is 4.79 Å². The molecule has 6 rings (SSSR count). The van der Waals surface area contributed by atoms with E-state index in [4.69, 9.17) is 27.3 Å². The lowest BCUT2D eigenvalue weighted by atomic mass is 9.92. The number of halogens is 1. The topological polar surface area (TPSA) is 95.6 Å². The van der Waals surface area contributed by atoms with E-state index in [0.29, 0.717) is 29.6 Å². The molecule has 184 valence electrons. The summed E-state index contributed by atoms with van der Waals surface area (Å²) in [6, 6.07) is 8.58. The molecule has 0 spiro atoms. The minimum absolute atomic E-state index is 0.184. The van der Waals surface area contributed by atoms with E-state index >= 15 is 0 Å². The van der Waals surface area contributed by atoms with E-state index in [-0.39, 0.29) is 18.4 Å². The Bertz CT molecular complexity index is 1250. The van der Waals surface area contributed by atoms with E-state index < -0.39 is 0 Å². The molecule has 3 aliphatic heterocycles. The van der Waals surface area contributed by atoms with Crippen molar-refractivity contribution in [3.63, 3.8) is 0 Å². The fraction of sp³-hybridized carbons (Fsp3) is 0.500. The molecular weight excluding hydrogens is 482 g/mol. The Morgan fingerprint density at radius 1 is 1.14 bits per heavy atom.